The molecule has 1 amide bonds. The van der Waals surface area contributed by atoms with Crippen LogP contribution < -0.4 is 11.1 Å². The molecule has 0 spiro atoms. The van der Waals surface area contributed by atoms with Crippen molar-refractivity contribution in [3.63, 3.8) is 0 Å². The highest BCUT2D eigenvalue weighted by molar-refractivity contribution is 5.83. The molecule has 0 bridgehead atoms. The van der Waals surface area contributed by atoms with Gasteiger partial charge in [0, 0.05) is 18.7 Å². The Bertz CT molecular complexity index is 245. The number of hydrogen-bond donors (Lipinski definition) is 2. The molecule has 1 aliphatic rings. The predicted molar refractivity (Wildman–Crippen MR) is 64.0 cm³/mol. The highest BCUT2D eigenvalue weighted by atomic mass is 16.5. The van der Waals surface area contributed by atoms with Crippen LogP contribution in [0.15, 0.2) is 0 Å². The van der Waals surface area contributed by atoms with Gasteiger partial charge in [-0.25, -0.2) is 0 Å². The molecular formula is C12H24N2O2. The Morgan fingerprint density at radius 2 is 2.38 bits per heavy atom. The van der Waals surface area contributed by atoms with Crippen molar-refractivity contribution < 1.29 is 9.53 Å². The molecule has 0 heterocycles. The second kappa shape index (κ2) is 5.64. The summed E-state index contributed by atoms with van der Waals surface area (Å²) in [5.41, 5.74) is 5.61. The van der Waals surface area contributed by atoms with E-state index < -0.39 is 0 Å². The molecule has 0 radical (unpaired) electrons. The minimum absolute atomic E-state index is 0.00760. The van der Waals surface area contributed by atoms with Crippen molar-refractivity contribution in [1.82, 2.24) is 5.32 Å². The number of ether oxygens (including phenoxy) is 1. The molecule has 0 aromatic rings. The Morgan fingerprint density at radius 3 is 2.88 bits per heavy atom. The van der Waals surface area contributed by atoms with Crippen molar-refractivity contribution in [1.29, 1.82) is 0 Å². The number of carbonyl (C=O) groups excluding carboxylic acids is 1. The summed E-state index contributed by atoms with van der Waals surface area (Å²) in [6, 6.07) is 0.0452. The molecule has 1 saturated carbocycles. The van der Waals surface area contributed by atoms with Gasteiger partial charge in [-0.2, -0.15) is 0 Å². The van der Waals surface area contributed by atoms with Crippen LogP contribution in [0.25, 0.3) is 0 Å². The first kappa shape index (κ1) is 13.5. The van der Waals surface area contributed by atoms with E-state index in [1.807, 2.05) is 20.8 Å². The second-order valence-corrected chi connectivity index (χ2v) is 4.95. The van der Waals surface area contributed by atoms with Crippen LogP contribution in [0.4, 0.5) is 0 Å². The SMILES string of the molecule is CCOCC(C)NC(=O)C1(C)CCCC1N. The fourth-order valence-corrected chi connectivity index (χ4v) is 2.20. The van der Waals surface area contributed by atoms with Crippen LogP contribution in [0.1, 0.15) is 40.0 Å². The van der Waals surface area contributed by atoms with E-state index >= 15 is 0 Å². The molecule has 3 N–H and O–H groups in total. The Kier molecular flexibility index (Phi) is 4.74. The zero-order valence-electron chi connectivity index (χ0n) is 10.6. The van der Waals surface area contributed by atoms with Gasteiger partial charge in [-0.05, 0) is 33.6 Å². The molecule has 1 fully saturated rings. The van der Waals surface area contributed by atoms with E-state index in [1.54, 1.807) is 0 Å². The number of rotatable bonds is 5. The number of amides is 1. The zero-order valence-corrected chi connectivity index (χ0v) is 10.6. The van der Waals surface area contributed by atoms with Crippen LogP contribution in [0, 0.1) is 5.41 Å². The van der Waals surface area contributed by atoms with Crippen LogP contribution in [0.3, 0.4) is 0 Å². The van der Waals surface area contributed by atoms with Crippen LogP contribution >= 0.6 is 0 Å². The Labute approximate surface area is 97.9 Å². The molecular weight excluding hydrogens is 204 g/mol. The van der Waals surface area contributed by atoms with Gasteiger partial charge in [0.05, 0.1) is 12.0 Å². The standard InChI is InChI=1S/C12H24N2O2/c1-4-16-8-9(2)14-11(15)12(3)7-5-6-10(12)13/h9-10H,4-8,13H2,1-3H3,(H,14,15). The fourth-order valence-electron chi connectivity index (χ4n) is 2.20. The van der Waals surface area contributed by atoms with Gasteiger partial charge in [-0.15, -0.1) is 0 Å². The number of carbonyl (C=O) groups is 1. The van der Waals surface area contributed by atoms with Crippen molar-refractivity contribution in [3.8, 4) is 0 Å². The van der Waals surface area contributed by atoms with Crippen molar-refractivity contribution in [2.45, 2.75) is 52.1 Å². The smallest absolute Gasteiger partial charge is 0.227 e. The summed E-state index contributed by atoms with van der Waals surface area (Å²) >= 11 is 0. The molecule has 1 aliphatic carbocycles. The molecule has 3 unspecified atom stereocenters. The molecule has 1 rings (SSSR count). The van der Waals surface area contributed by atoms with E-state index in [-0.39, 0.29) is 23.4 Å². The normalized spacial score (nSPS) is 31.4. The molecule has 3 atom stereocenters. The third-order valence-corrected chi connectivity index (χ3v) is 3.50. The average molecular weight is 228 g/mol. The fraction of sp³-hybridized carbons (Fsp3) is 0.917. The van der Waals surface area contributed by atoms with Gasteiger partial charge in [0.15, 0.2) is 0 Å². The maximum atomic E-state index is 12.1. The molecule has 0 saturated heterocycles. The lowest BCUT2D eigenvalue weighted by molar-refractivity contribution is -0.131. The molecule has 4 nitrogen and oxygen atoms in total. The van der Waals surface area contributed by atoms with Crippen LogP contribution in [-0.4, -0.2) is 31.2 Å². The number of hydrogen-bond acceptors (Lipinski definition) is 3. The first-order valence-electron chi connectivity index (χ1n) is 6.15. The molecule has 4 heteroatoms. The average Bonchev–Trinajstić information content (AvgIpc) is 2.57. The van der Waals surface area contributed by atoms with Crippen molar-refractivity contribution in [2.75, 3.05) is 13.2 Å². The van der Waals surface area contributed by atoms with E-state index in [0.29, 0.717) is 13.2 Å². The lowest BCUT2D eigenvalue weighted by Gasteiger charge is -2.29. The summed E-state index contributed by atoms with van der Waals surface area (Å²) in [5.74, 6) is 0.0738. The summed E-state index contributed by atoms with van der Waals surface area (Å²) in [6.45, 7) is 7.11. The molecule has 0 aliphatic heterocycles. The highest BCUT2D eigenvalue weighted by Crippen LogP contribution is 2.36. The van der Waals surface area contributed by atoms with Gasteiger partial charge in [0.25, 0.3) is 0 Å². The second-order valence-electron chi connectivity index (χ2n) is 4.95. The third kappa shape index (κ3) is 2.95. The lowest BCUT2D eigenvalue weighted by Crippen LogP contribution is -2.50. The van der Waals surface area contributed by atoms with Crippen LogP contribution in [0.5, 0.6) is 0 Å². The largest absolute Gasteiger partial charge is 0.380 e. The Balaban J connectivity index is 2.45. The van der Waals surface area contributed by atoms with Crippen LogP contribution in [-0.2, 0) is 9.53 Å². The summed E-state index contributed by atoms with van der Waals surface area (Å²) in [4.78, 5) is 12.1. The van der Waals surface area contributed by atoms with Gasteiger partial charge in [0.1, 0.15) is 0 Å². The Morgan fingerprint density at radius 1 is 1.69 bits per heavy atom. The topological polar surface area (TPSA) is 64.3 Å². The monoisotopic (exact) mass is 228 g/mol. The summed E-state index contributed by atoms with van der Waals surface area (Å²) in [5, 5.41) is 2.98. The van der Waals surface area contributed by atoms with Crippen molar-refractivity contribution in [2.24, 2.45) is 11.1 Å². The first-order valence-corrected chi connectivity index (χ1v) is 6.15. The summed E-state index contributed by atoms with van der Waals surface area (Å²) in [6.07, 6.45) is 2.88. The maximum Gasteiger partial charge on any atom is 0.227 e. The van der Waals surface area contributed by atoms with Gasteiger partial charge in [-0.1, -0.05) is 6.42 Å². The quantitative estimate of drug-likeness (QED) is 0.739. The summed E-state index contributed by atoms with van der Waals surface area (Å²) < 4.78 is 5.27. The molecule has 94 valence electrons. The third-order valence-electron chi connectivity index (χ3n) is 3.50. The molecule has 16 heavy (non-hydrogen) atoms. The van der Waals surface area contributed by atoms with Gasteiger partial charge in [0.2, 0.25) is 5.91 Å². The van der Waals surface area contributed by atoms with Gasteiger partial charge < -0.3 is 15.8 Å². The maximum absolute atomic E-state index is 12.1. The lowest BCUT2D eigenvalue weighted by atomic mass is 9.84. The minimum atomic E-state index is -0.388. The number of nitrogens with two attached hydrogens (primary N) is 1. The van der Waals surface area contributed by atoms with Gasteiger partial charge in [-0.3, -0.25) is 4.79 Å². The first-order chi connectivity index (χ1) is 7.50. The van der Waals surface area contributed by atoms with Crippen molar-refractivity contribution >= 4 is 5.91 Å². The predicted octanol–water partition coefficient (Wildman–Crippen LogP) is 1.05. The van der Waals surface area contributed by atoms with Crippen LogP contribution in [0.2, 0.25) is 0 Å². The van der Waals surface area contributed by atoms with E-state index in [2.05, 4.69) is 5.32 Å². The Hall–Kier alpha value is -0.610. The highest BCUT2D eigenvalue weighted by Gasteiger charge is 2.43. The number of nitrogens with one attached hydrogen (secondary N) is 1. The van der Waals surface area contributed by atoms with Crippen molar-refractivity contribution in [3.05, 3.63) is 0 Å². The van der Waals surface area contributed by atoms with E-state index in [9.17, 15) is 4.79 Å². The molecule has 0 aromatic heterocycles. The summed E-state index contributed by atoms with van der Waals surface area (Å²) in [7, 11) is 0. The van der Waals surface area contributed by atoms with E-state index in [4.69, 9.17) is 10.5 Å². The van der Waals surface area contributed by atoms with E-state index in [1.165, 1.54) is 0 Å². The minimum Gasteiger partial charge on any atom is -0.380 e. The zero-order chi connectivity index (χ0) is 12.2. The van der Waals surface area contributed by atoms with Gasteiger partial charge >= 0.3 is 0 Å². The van der Waals surface area contributed by atoms with E-state index in [0.717, 1.165) is 19.3 Å². The molecule has 0 aromatic carbocycles.